The lowest BCUT2D eigenvalue weighted by atomic mass is 9.64. The summed E-state index contributed by atoms with van der Waals surface area (Å²) in [5.74, 6) is -1.21. The molecule has 0 spiro atoms. The van der Waals surface area contributed by atoms with Crippen LogP contribution in [-0.2, 0) is 10.2 Å². The van der Waals surface area contributed by atoms with Gasteiger partial charge in [0.2, 0.25) is 0 Å². The van der Waals surface area contributed by atoms with E-state index in [2.05, 4.69) is 24.0 Å². The van der Waals surface area contributed by atoms with Crippen LogP contribution in [0.5, 0.6) is 0 Å². The number of benzene rings is 1. The number of morpholine rings is 1. The normalized spacial score (nSPS) is 29.5. The van der Waals surface area contributed by atoms with Gasteiger partial charge in [0.05, 0.1) is 36.2 Å². The highest BCUT2D eigenvalue weighted by atomic mass is 19.3. The highest BCUT2D eigenvalue weighted by molar-refractivity contribution is 5.63. The van der Waals surface area contributed by atoms with Gasteiger partial charge in [0.25, 0.3) is 6.43 Å². The summed E-state index contributed by atoms with van der Waals surface area (Å²) in [4.78, 5) is 1.76. The zero-order chi connectivity index (χ0) is 22.0. The molecule has 2 aliphatic carbocycles. The van der Waals surface area contributed by atoms with Crippen molar-refractivity contribution in [1.82, 2.24) is 15.1 Å². The first-order valence-electron chi connectivity index (χ1n) is 10.7. The molecule has 4 nitrogen and oxygen atoms in total. The van der Waals surface area contributed by atoms with Crippen LogP contribution in [0.3, 0.4) is 0 Å². The lowest BCUT2D eigenvalue weighted by Crippen LogP contribution is -2.56. The molecular formula is C23H25F4N3O. The number of aromatic nitrogens is 2. The molecule has 2 fully saturated rings. The third kappa shape index (κ3) is 2.94. The third-order valence-electron chi connectivity index (χ3n) is 7.79. The van der Waals surface area contributed by atoms with Crippen LogP contribution < -0.4 is 0 Å². The van der Waals surface area contributed by atoms with Gasteiger partial charge >= 0.3 is 0 Å². The molecule has 2 heterocycles. The maximum Gasteiger partial charge on any atom is 0.251 e. The Morgan fingerprint density at radius 1 is 1.19 bits per heavy atom. The molecule has 1 aliphatic heterocycles. The number of fused-ring (bicyclic) bond motifs is 5. The Kier molecular flexibility index (Phi) is 4.86. The number of ether oxygens (including phenoxy) is 1. The molecular weight excluding hydrogens is 410 g/mol. The van der Waals surface area contributed by atoms with Crippen molar-refractivity contribution < 1.29 is 22.3 Å². The summed E-state index contributed by atoms with van der Waals surface area (Å²) >= 11 is 0. The minimum atomic E-state index is -2.39. The molecule has 0 unspecified atom stereocenters. The van der Waals surface area contributed by atoms with E-state index in [9.17, 15) is 17.6 Å². The minimum Gasteiger partial charge on any atom is -0.375 e. The number of alkyl halides is 2. The fraction of sp³-hybridized carbons (Fsp3) is 0.565. The second-order valence-corrected chi connectivity index (χ2v) is 9.42. The van der Waals surface area contributed by atoms with Gasteiger partial charge in [-0.15, -0.1) is 0 Å². The van der Waals surface area contributed by atoms with Gasteiger partial charge in [-0.25, -0.2) is 17.6 Å². The Morgan fingerprint density at radius 3 is 2.65 bits per heavy atom. The van der Waals surface area contributed by atoms with Crippen molar-refractivity contribution >= 4 is 0 Å². The van der Waals surface area contributed by atoms with Gasteiger partial charge in [-0.05, 0) is 47.9 Å². The quantitative estimate of drug-likeness (QED) is 0.661. The zero-order valence-corrected chi connectivity index (χ0v) is 17.5. The smallest absolute Gasteiger partial charge is 0.251 e. The van der Waals surface area contributed by atoms with Gasteiger partial charge in [-0.1, -0.05) is 19.9 Å². The summed E-state index contributed by atoms with van der Waals surface area (Å²) < 4.78 is 60.9. The van der Waals surface area contributed by atoms with Crippen molar-refractivity contribution in [2.24, 2.45) is 5.41 Å². The average molecular weight is 435 g/mol. The van der Waals surface area contributed by atoms with E-state index in [-0.39, 0.29) is 35.2 Å². The third-order valence-corrected chi connectivity index (χ3v) is 7.79. The van der Waals surface area contributed by atoms with Crippen LogP contribution in [0.4, 0.5) is 17.6 Å². The SMILES string of the molecule is CC1(C)[C@H]2CC[C@]1([C@@H]1CN(CC(F)F)CCO1)c1nnc(-c3c(F)cccc3F)cc12. The molecule has 2 bridgehead atoms. The minimum absolute atomic E-state index is 0.139. The molecule has 31 heavy (non-hydrogen) atoms. The number of hydrogen-bond acceptors (Lipinski definition) is 4. The molecule has 1 saturated carbocycles. The molecule has 0 N–H and O–H groups in total. The van der Waals surface area contributed by atoms with Gasteiger partial charge in [-0.2, -0.15) is 10.2 Å². The van der Waals surface area contributed by atoms with E-state index >= 15 is 0 Å². The molecule has 1 saturated heterocycles. The van der Waals surface area contributed by atoms with Crippen molar-refractivity contribution in [3.63, 3.8) is 0 Å². The molecule has 2 aromatic rings. The van der Waals surface area contributed by atoms with E-state index in [1.54, 1.807) is 11.0 Å². The van der Waals surface area contributed by atoms with Crippen LogP contribution in [0.2, 0.25) is 0 Å². The largest absolute Gasteiger partial charge is 0.375 e. The maximum absolute atomic E-state index is 14.3. The molecule has 166 valence electrons. The zero-order valence-electron chi connectivity index (χ0n) is 17.5. The maximum atomic E-state index is 14.3. The van der Waals surface area contributed by atoms with Crippen LogP contribution in [-0.4, -0.2) is 53.9 Å². The summed E-state index contributed by atoms with van der Waals surface area (Å²) in [5.41, 5.74) is 1.03. The number of rotatable bonds is 4. The van der Waals surface area contributed by atoms with Crippen LogP contribution in [0.25, 0.3) is 11.3 Å². The molecule has 5 rings (SSSR count). The van der Waals surface area contributed by atoms with E-state index in [4.69, 9.17) is 4.74 Å². The van der Waals surface area contributed by atoms with Gasteiger partial charge in [-0.3, -0.25) is 4.90 Å². The van der Waals surface area contributed by atoms with Crippen molar-refractivity contribution in [1.29, 1.82) is 0 Å². The van der Waals surface area contributed by atoms with Crippen LogP contribution >= 0.6 is 0 Å². The van der Waals surface area contributed by atoms with E-state index in [0.717, 1.165) is 24.1 Å². The van der Waals surface area contributed by atoms with Crippen molar-refractivity contribution in [3.8, 4) is 11.3 Å². The molecule has 3 aliphatic rings. The summed E-state index contributed by atoms with van der Waals surface area (Å²) in [5, 5.41) is 8.71. The molecule has 0 amide bonds. The predicted molar refractivity (Wildman–Crippen MR) is 107 cm³/mol. The summed E-state index contributed by atoms with van der Waals surface area (Å²) in [6.07, 6.45) is -0.965. The standard InChI is InChI=1S/C23H25F4N3O/c1-22(2)14-6-7-23(22,18-11-30(8-9-31-18)12-19(26)27)21-13(14)10-17(28-29-21)20-15(24)4-3-5-16(20)25/h3-5,10,14,18-19H,6-9,11-12H2,1-2H3/t14-,18-,23-/m0/s1. The van der Waals surface area contributed by atoms with E-state index < -0.39 is 23.5 Å². The fourth-order valence-corrected chi connectivity index (χ4v) is 6.31. The second-order valence-electron chi connectivity index (χ2n) is 9.42. The van der Waals surface area contributed by atoms with Crippen LogP contribution in [0.15, 0.2) is 24.3 Å². The lowest BCUT2D eigenvalue weighted by molar-refractivity contribution is -0.0998. The summed E-state index contributed by atoms with van der Waals surface area (Å²) in [7, 11) is 0. The molecule has 0 radical (unpaired) electrons. The molecule has 3 atom stereocenters. The van der Waals surface area contributed by atoms with Gasteiger partial charge in [0, 0.05) is 18.5 Å². The van der Waals surface area contributed by atoms with Gasteiger partial charge in [0.1, 0.15) is 11.6 Å². The number of hydrogen-bond donors (Lipinski definition) is 0. The van der Waals surface area contributed by atoms with Crippen molar-refractivity contribution in [2.45, 2.75) is 50.6 Å². The first-order chi connectivity index (χ1) is 14.8. The number of halogens is 4. The van der Waals surface area contributed by atoms with Crippen LogP contribution in [0, 0.1) is 17.0 Å². The Hall–Kier alpha value is -2.06. The van der Waals surface area contributed by atoms with E-state index in [1.165, 1.54) is 18.2 Å². The van der Waals surface area contributed by atoms with E-state index in [0.29, 0.717) is 19.7 Å². The lowest BCUT2D eigenvalue weighted by Gasteiger charge is -2.47. The molecule has 8 heteroatoms. The summed E-state index contributed by atoms with van der Waals surface area (Å²) in [6.45, 7) is 5.32. The Morgan fingerprint density at radius 2 is 1.94 bits per heavy atom. The monoisotopic (exact) mass is 435 g/mol. The molecule has 1 aromatic carbocycles. The number of nitrogens with zero attached hydrogens (tertiary/aromatic N) is 3. The van der Waals surface area contributed by atoms with Crippen molar-refractivity contribution in [2.75, 3.05) is 26.2 Å². The Labute approximate surface area is 178 Å². The Balaban J connectivity index is 1.57. The van der Waals surface area contributed by atoms with Crippen molar-refractivity contribution in [3.05, 3.63) is 47.2 Å². The Bertz CT molecular complexity index is 994. The fourth-order valence-electron chi connectivity index (χ4n) is 6.31. The topological polar surface area (TPSA) is 38.2 Å². The highest BCUT2D eigenvalue weighted by Gasteiger charge is 2.67. The summed E-state index contributed by atoms with van der Waals surface area (Å²) in [6, 6.07) is 5.49. The average Bonchev–Trinajstić information content (AvgIpc) is 3.09. The first-order valence-corrected chi connectivity index (χ1v) is 10.7. The van der Waals surface area contributed by atoms with Gasteiger partial charge in [0.15, 0.2) is 0 Å². The predicted octanol–water partition coefficient (Wildman–Crippen LogP) is 4.54. The first kappa shape index (κ1) is 20.8. The van der Waals surface area contributed by atoms with Crippen LogP contribution in [0.1, 0.15) is 43.9 Å². The molecule has 1 aromatic heterocycles. The van der Waals surface area contributed by atoms with Gasteiger partial charge < -0.3 is 4.74 Å². The van der Waals surface area contributed by atoms with E-state index in [1.807, 2.05) is 0 Å². The highest BCUT2D eigenvalue weighted by Crippen LogP contribution is 2.69. The second kappa shape index (κ2) is 7.24.